The first-order chi connectivity index (χ1) is 15.7. The van der Waals surface area contributed by atoms with Crippen LogP contribution < -0.4 is 10.1 Å². The standard InChI is InChI=1S/C24H22F2N2O4S/c1-16-2-4-17(5-3-16)14-27-24(29)18-6-9-22-19(12-18)15-28(10-11-32-22)33(30,31)23-13-20(25)7-8-21(23)26/h2-9,12-13H,10-11,14-15H2,1H3,(H,27,29). The fourth-order valence-corrected chi connectivity index (χ4v) is 5.00. The van der Waals surface area contributed by atoms with Crippen LogP contribution in [0.4, 0.5) is 8.78 Å². The molecule has 1 amide bonds. The first-order valence-corrected chi connectivity index (χ1v) is 11.7. The largest absolute Gasteiger partial charge is 0.492 e. The number of halogens is 2. The minimum absolute atomic E-state index is 0.0299. The number of sulfonamides is 1. The molecule has 0 unspecified atom stereocenters. The zero-order valence-electron chi connectivity index (χ0n) is 17.8. The van der Waals surface area contributed by atoms with Gasteiger partial charge in [0.1, 0.15) is 28.9 Å². The van der Waals surface area contributed by atoms with Crippen LogP contribution in [0.25, 0.3) is 0 Å². The first kappa shape index (κ1) is 22.9. The molecule has 3 aromatic rings. The molecule has 1 aliphatic rings. The Kier molecular flexibility index (Phi) is 6.44. The molecule has 33 heavy (non-hydrogen) atoms. The summed E-state index contributed by atoms with van der Waals surface area (Å²) in [6.45, 7) is 2.15. The number of carbonyl (C=O) groups excluding carboxylic acids is 1. The summed E-state index contributed by atoms with van der Waals surface area (Å²) in [7, 11) is -4.33. The molecule has 0 spiro atoms. The van der Waals surface area contributed by atoms with Crippen molar-refractivity contribution in [3.8, 4) is 5.75 Å². The minimum Gasteiger partial charge on any atom is -0.492 e. The maximum atomic E-state index is 14.2. The van der Waals surface area contributed by atoms with Gasteiger partial charge in [0.05, 0.1) is 0 Å². The van der Waals surface area contributed by atoms with Crippen molar-refractivity contribution in [2.24, 2.45) is 0 Å². The molecule has 0 radical (unpaired) electrons. The van der Waals surface area contributed by atoms with Gasteiger partial charge < -0.3 is 10.1 Å². The van der Waals surface area contributed by atoms with E-state index in [4.69, 9.17) is 4.74 Å². The molecule has 1 heterocycles. The molecule has 0 saturated heterocycles. The van der Waals surface area contributed by atoms with Crippen LogP contribution in [-0.2, 0) is 23.1 Å². The Labute approximate surface area is 190 Å². The highest BCUT2D eigenvalue weighted by Crippen LogP contribution is 2.29. The summed E-state index contributed by atoms with van der Waals surface area (Å²) in [5.41, 5.74) is 2.85. The number of ether oxygens (including phenoxy) is 1. The maximum absolute atomic E-state index is 14.2. The van der Waals surface area contributed by atoms with E-state index in [0.717, 1.165) is 27.6 Å². The Hall–Kier alpha value is -3.30. The smallest absolute Gasteiger partial charge is 0.251 e. The number of amides is 1. The van der Waals surface area contributed by atoms with Gasteiger partial charge in [0.25, 0.3) is 5.91 Å². The number of fused-ring (bicyclic) bond motifs is 1. The molecule has 9 heteroatoms. The van der Waals surface area contributed by atoms with E-state index in [2.05, 4.69) is 5.32 Å². The molecule has 172 valence electrons. The molecular weight excluding hydrogens is 450 g/mol. The van der Waals surface area contributed by atoms with E-state index in [1.165, 1.54) is 0 Å². The average molecular weight is 473 g/mol. The molecular formula is C24H22F2N2O4S. The predicted molar refractivity (Wildman–Crippen MR) is 118 cm³/mol. The van der Waals surface area contributed by atoms with Crippen molar-refractivity contribution in [3.05, 3.63) is 94.6 Å². The van der Waals surface area contributed by atoms with E-state index in [-0.39, 0.29) is 25.6 Å². The van der Waals surface area contributed by atoms with Gasteiger partial charge in [-0.15, -0.1) is 0 Å². The van der Waals surface area contributed by atoms with Crippen LogP contribution in [0.15, 0.2) is 65.6 Å². The van der Waals surface area contributed by atoms with Crippen molar-refractivity contribution in [2.75, 3.05) is 13.2 Å². The van der Waals surface area contributed by atoms with Crippen LogP contribution in [-0.4, -0.2) is 31.8 Å². The monoisotopic (exact) mass is 472 g/mol. The van der Waals surface area contributed by atoms with E-state index < -0.39 is 26.6 Å². The van der Waals surface area contributed by atoms with Crippen LogP contribution in [0, 0.1) is 18.6 Å². The lowest BCUT2D eigenvalue weighted by atomic mass is 10.1. The highest BCUT2D eigenvalue weighted by Gasteiger charge is 2.30. The van der Waals surface area contributed by atoms with Crippen LogP contribution in [0.1, 0.15) is 27.0 Å². The van der Waals surface area contributed by atoms with Gasteiger partial charge in [-0.3, -0.25) is 4.79 Å². The van der Waals surface area contributed by atoms with Crippen molar-refractivity contribution in [3.63, 3.8) is 0 Å². The second kappa shape index (κ2) is 9.29. The van der Waals surface area contributed by atoms with Crippen LogP contribution in [0.2, 0.25) is 0 Å². The fraction of sp³-hybridized carbons (Fsp3) is 0.208. The van der Waals surface area contributed by atoms with Gasteiger partial charge in [-0.05, 0) is 48.9 Å². The van der Waals surface area contributed by atoms with Crippen molar-refractivity contribution in [2.45, 2.75) is 24.9 Å². The summed E-state index contributed by atoms with van der Waals surface area (Å²) in [4.78, 5) is 11.9. The Morgan fingerprint density at radius 2 is 1.82 bits per heavy atom. The summed E-state index contributed by atoms with van der Waals surface area (Å²) in [5, 5.41) is 2.84. The van der Waals surface area contributed by atoms with Crippen molar-refractivity contribution in [1.82, 2.24) is 9.62 Å². The zero-order valence-corrected chi connectivity index (χ0v) is 18.7. The van der Waals surface area contributed by atoms with Crippen molar-refractivity contribution in [1.29, 1.82) is 0 Å². The van der Waals surface area contributed by atoms with E-state index in [1.807, 2.05) is 31.2 Å². The number of carbonyl (C=O) groups is 1. The molecule has 0 bridgehead atoms. The number of aryl methyl sites for hydroxylation is 1. The molecule has 6 nitrogen and oxygen atoms in total. The third-order valence-corrected chi connectivity index (χ3v) is 7.21. The van der Waals surface area contributed by atoms with Crippen LogP contribution in [0.5, 0.6) is 5.75 Å². The van der Waals surface area contributed by atoms with Gasteiger partial charge in [-0.1, -0.05) is 29.8 Å². The lowest BCUT2D eigenvalue weighted by Gasteiger charge is -2.20. The maximum Gasteiger partial charge on any atom is 0.251 e. The third kappa shape index (κ3) is 5.04. The summed E-state index contributed by atoms with van der Waals surface area (Å²) >= 11 is 0. The van der Waals surface area contributed by atoms with Gasteiger partial charge in [0.2, 0.25) is 10.0 Å². The molecule has 1 N–H and O–H groups in total. The fourth-order valence-electron chi connectivity index (χ4n) is 3.52. The first-order valence-electron chi connectivity index (χ1n) is 10.3. The van der Waals surface area contributed by atoms with Gasteiger partial charge in [-0.2, -0.15) is 4.31 Å². The van der Waals surface area contributed by atoms with E-state index in [9.17, 15) is 22.0 Å². The number of nitrogens with one attached hydrogen (secondary N) is 1. The molecule has 0 fully saturated rings. The quantitative estimate of drug-likeness (QED) is 0.613. The molecule has 4 rings (SSSR count). The lowest BCUT2D eigenvalue weighted by molar-refractivity contribution is 0.0950. The third-order valence-electron chi connectivity index (χ3n) is 5.35. The van der Waals surface area contributed by atoms with E-state index in [0.29, 0.717) is 29.5 Å². The van der Waals surface area contributed by atoms with E-state index in [1.54, 1.807) is 18.2 Å². The molecule has 0 aliphatic carbocycles. The highest BCUT2D eigenvalue weighted by atomic mass is 32.2. The molecule has 0 atom stereocenters. The topological polar surface area (TPSA) is 75.7 Å². The summed E-state index contributed by atoms with van der Waals surface area (Å²) in [5.74, 6) is -1.78. The number of benzene rings is 3. The molecule has 3 aromatic carbocycles. The Bertz CT molecular complexity index is 1290. The van der Waals surface area contributed by atoms with Gasteiger partial charge in [0, 0.05) is 30.8 Å². The number of hydrogen-bond acceptors (Lipinski definition) is 4. The average Bonchev–Trinajstić information content (AvgIpc) is 3.02. The summed E-state index contributed by atoms with van der Waals surface area (Å²) < 4.78 is 60.5. The summed E-state index contributed by atoms with van der Waals surface area (Å²) in [6, 6.07) is 14.8. The molecule has 0 saturated carbocycles. The van der Waals surface area contributed by atoms with Crippen LogP contribution >= 0.6 is 0 Å². The second-order valence-corrected chi connectivity index (χ2v) is 9.66. The van der Waals surface area contributed by atoms with Gasteiger partial charge in [0.15, 0.2) is 0 Å². The molecule has 1 aliphatic heterocycles. The number of nitrogens with zero attached hydrogens (tertiary/aromatic N) is 1. The Morgan fingerprint density at radius 1 is 1.06 bits per heavy atom. The summed E-state index contributed by atoms with van der Waals surface area (Å²) in [6.07, 6.45) is 0. The number of rotatable bonds is 5. The highest BCUT2D eigenvalue weighted by molar-refractivity contribution is 7.89. The second-order valence-electron chi connectivity index (χ2n) is 7.75. The Morgan fingerprint density at radius 3 is 2.58 bits per heavy atom. The van der Waals surface area contributed by atoms with Crippen molar-refractivity contribution < 1.29 is 26.7 Å². The SMILES string of the molecule is Cc1ccc(CNC(=O)c2ccc3c(c2)CN(S(=O)(=O)c2cc(F)ccc2F)CCO3)cc1. The van der Waals surface area contributed by atoms with E-state index >= 15 is 0 Å². The normalized spacial score (nSPS) is 14.2. The van der Waals surface area contributed by atoms with Gasteiger partial charge >= 0.3 is 0 Å². The number of hydrogen-bond donors (Lipinski definition) is 1. The predicted octanol–water partition coefficient (Wildman–Crippen LogP) is 3.79. The lowest BCUT2D eigenvalue weighted by Crippen LogP contribution is -2.33. The van der Waals surface area contributed by atoms with Gasteiger partial charge in [-0.25, -0.2) is 17.2 Å². The minimum atomic E-state index is -4.33. The Balaban J connectivity index is 1.55. The van der Waals surface area contributed by atoms with Crippen LogP contribution in [0.3, 0.4) is 0 Å². The molecule has 0 aromatic heterocycles. The zero-order chi connectivity index (χ0) is 23.6. The van der Waals surface area contributed by atoms with Crippen molar-refractivity contribution >= 4 is 15.9 Å².